The third kappa shape index (κ3) is 3.03. The van der Waals surface area contributed by atoms with Crippen LogP contribution in [-0.2, 0) is 11.0 Å². The highest BCUT2D eigenvalue weighted by Gasteiger charge is 2.02. The van der Waals surface area contributed by atoms with Crippen LogP contribution in [0.5, 0.6) is 0 Å². The summed E-state index contributed by atoms with van der Waals surface area (Å²) in [5, 5.41) is 0. The fraction of sp³-hybridized carbons (Fsp3) is 0.400. The van der Waals surface area contributed by atoms with Crippen LogP contribution in [0, 0.1) is 6.92 Å². The van der Waals surface area contributed by atoms with Gasteiger partial charge in [0.1, 0.15) is 11.0 Å². The van der Waals surface area contributed by atoms with Gasteiger partial charge in [0.05, 0.1) is 5.69 Å². The molecule has 3 N–H and O–H groups in total. The van der Waals surface area contributed by atoms with Crippen LogP contribution in [0.2, 0.25) is 0 Å². The molecule has 0 aliphatic heterocycles. The summed E-state index contributed by atoms with van der Waals surface area (Å²) in [7, 11) is -0.995. The molecule has 1 aromatic rings. The quantitative estimate of drug-likeness (QED) is 0.751. The summed E-state index contributed by atoms with van der Waals surface area (Å²) in [5.41, 5.74) is 8.24. The van der Waals surface area contributed by atoms with E-state index in [0.29, 0.717) is 11.4 Å². The van der Waals surface area contributed by atoms with Crippen molar-refractivity contribution in [3.8, 4) is 0 Å². The zero-order chi connectivity index (χ0) is 10.6. The maximum Gasteiger partial charge on any atom is 0.117 e. The van der Waals surface area contributed by atoms with E-state index in [9.17, 15) is 4.21 Å². The third-order valence-corrected chi connectivity index (χ3v) is 3.10. The van der Waals surface area contributed by atoms with Gasteiger partial charge < -0.3 is 10.5 Å². The first-order valence-corrected chi connectivity index (χ1v) is 5.96. The fourth-order valence-corrected chi connectivity index (χ4v) is 2.05. The van der Waals surface area contributed by atoms with E-state index in [1.165, 1.54) is 0 Å². The standard InChI is InChI=1S/C10H16N2OS/c1-3-6-14(13)12-10-7-9(11)5-4-8(10)2/h4-5,7,12H,3,6,11H2,1-2H3. The molecule has 0 aromatic heterocycles. The SMILES string of the molecule is CCCS(=O)Nc1cc(N)ccc1C. The number of nitrogens with one attached hydrogen (secondary N) is 1. The molecule has 0 heterocycles. The monoisotopic (exact) mass is 212 g/mol. The number of rotatable bonds is 4. The Kier molecular flexibility index (Phi) is 3.95. The molecule has 0 bridgehead atoms. The summed E-state index contributed by atoms with van der Waals surface area (Å²) < 4.78 is 14.4. The van der Waals surface area contributed by atoms with Crippen molar-refractivity contribution < 1.29 is 4.21 Å². The fourth-order valence-electron chi connectivity index (χ4n) is 1.11. The van der Waals surface area contributed by atoms with Gasteiger partial charge in [-0.25, -0.2) is 4.21 Å². The second-order valence-electron chi connectivity index (χ2n) is 3.23. The summed E-state index contributed by atoms with van der Waals surface area (Å²) in [6.45, 7) is 3.97. The third-order valence-electron chi connectivity index (χ3n) is 1.87. The molecule has 0 radical (unpaired) electrons. The maximum atomic E-state index is 11.4. The van der Waals surface area contributed by atoms with Crippen LogP contribution >= 0.6 is 0 Å². The molecule has 0 aliphatic rings. The van der Waals surface area contributed by atoms with Gasteiger partial charge in [0.15, 0.2) is 0 Å². The van der Waals surface area contributed by atoms with Gasteiger partial charge in [-0.2, -0.15) is 0 Å². The van der Waals surface area contributed by atoms with Crippen molar-refractivity contribution in [2.45, 2.75) is 20.3 Å². The molecule has 1 rings (SSSR count). The van der Waals surface area contributed by atoms with Crippen LogP contribution in [0.4, 0.5) is 11.4 Å². The molecule has 78 valence electrons. The van der Waals surface area contributed by atoms with Gasteiger partial charge in [0.2, 0.25) is 0 Å². The molecular formula is C10H16N2OS. The Morgan fingerprint density at radius 3 is 2.86 bits per heavy atom. The maximum absolute atomic E-state index is 11.4. The number of aryl methyl sites for hydroxylation is 1. The molecule has 3 nitrogen and oxygen atoms in total. The largest absolute Gasteiger partial charge is 0.399 e. The highest BCUT2D eigenvalue weighted by Crippen LogP contribution is 2.18. The van der Waals surface area contributed by atoms with Crippen molar-refractivity contribution in [1.29, 1.82) is 0 Å². The lowest BCUT2D eigenvalue weighted by molar-refractivity contribution is 0.685. The van der Waals surface area contributed by atoms with Gasteiger partial charge in [0.25, 0.3) is 0 Å². The first-order valence-electron chi connectivity index (χ1n) is 4.64. The summed E-state index contributed by atoms with van der Waals surface area (Å²) in [6, 6.07) is 5.56. The first-order chi connectivity index (χ1) is 6.63. The average molecular weight is 212 g/mol. The van der Waals surface area contributed by atoms with Crippen LogP contribution in [-0.4, -0.2) is 9.96 Å². The first kappa shape index (κ1) is 11.0. The van der Waals surface area contributed by atoms with E-state index in [0.717, 1.165) is 17.7 Å². The van der Waals surface area contributed by atoms with Crippen molar-refractivity contribution in [3.63, 3.8) is 0 Å². The number of nitrogen functional groups attached to an aromatic ring is 1. The number of anilines is 2. The van der Waals surface area contributed by atoms with Crippen LogP contribution in [0.25, 0.3) is 0 Å². The lowest BCUT2D eigenvalue weighted by atomic mass is 10.2. The Labute approximate surface area is 87.3 Å². The second-order valence-corrected chi connectivity index (χ2v) is 4.53. The Bertz CT molecular complexity index is 339. The smallest absolute Gasteiger partial charge is 0.117 e. The van der Waals surface area contributed by atoms with Crippen LogP contribution in [0.3, 0.4) is 0 Å². The van der Waals surface area contributed by atoms with Crippen molar-refractivity contribution >= 4 is 22.4 Å². The van der Waals surface area contributed by atoms with E-state index in [4.69, 9.17) is 5.73 Å². The number of benzene rings is 1. The highest BCUT2D eigenvalue weighted by atomic mass is 32.2. The van der Waals surface area contributed by atoms with E-state index < -0.39 is 11.0 Å². The Morgan fingerprint density at radius 1 is 1.50 bits per heavy atom. The molecule has 0 fully saturated rings. The minimum absolute atomic E-state index is 0.661. The molecule has 0 spiro atoms. The summed E-state index contributed by atoms with van der Waals surface area (Å²) in [5.74, 6) is 0.661. The van der Waals surface area contributed by atoms with Crippen molar-refractivity contribution in [3.05, 3.63) is 23.8 Å². The van der Waals surface area contributed by atoms with Gasteiger partial charge >= 0.3 is 0 Å². The lowest BCUT2D eigenvalue weighted by Crippen LogP contribution is -2.09. The minimum atomic E-state index is -0.995. The van der Waals surface area contributed by atoms with Crippen LogP contribution in [0.1, 0.15) is 18.9 Å². The summed E-state index contributed by atoms with van der Waals surface area (Å²) in [4.78, 5) is 0. The minimum Gasteiger partial charge on any atom is -0.399 e. The molecule has 1 atom stereocenters. The van der Waals surface area contributed by atoms with Crippen molar-refractivity contribution in [2.75, 3.05) is 16.2 Å². The molecule has 1 unspecified atom stereocenters. The van der Waals surface area contributed by atoms with Crippen LogP contribution in [0.15, 0.2) is 18.2 Å². The van der Waals surface area contributed by atoms with Gasteiger partial charge in [-0.15, -0.1) is 0 Å². The topological polar surface area (TPSA) is 55.1 Å². The van der Waals surface area contributed by atoms with E-state index in [1.54, 1.807) is 0 Å². The van der Waals surface area contributed by atoms with Gasteiger partial charge in [-0.3, -0.25) is 0 Å². The molecule has 14 heavy (non-hydrogen) atoms. The molecule has 1 aromatic carbocycles. The predicted octanol–water partition coefficient (Wildman–Crippen LogP) is 2.06. The predicted molar refractivity (Wildman–Crippen MR) is 62.5 cm³/mol. The lowest BCUT2D eigenvalue weighted by Gasteiger charge is -2.08. The summed E-state index contributed by atoms with van der Waals surface area (Å²) >= 11 is 0. The molecular weight excluding hydrogens is 196 g/mol. The number of nitrogens with two attached hydrogens (primary N) is 1. The zero-order valence-corrected chi connectivity index (χ0v) is 9.36. The average Bonchev–Trinajstić information content (AvgIpc) is 2.12. The Hall–Kier alpha value is -1.03. The zero-order valence-electron chi connectivity index (χ0n) is 8.54. The molecule has 0 saturated carbocycles. The molecule has 0 saturated heterocycles. The number of hydrogen-bond acceptors (Lipinski definition) is 2. The van der Waals surface area contributed by atoms with E-state index in [1.807, 2.05) is 32.0 Å². The Morgan fingerprint density at radius 2 is 2.21 bits per heavy atom. The molecule has 0 aliphatic carbocycles. The van der Waals surface area contributed by atoms with Crippen molar-refractivity contribution in [2.24, 2.45) is 0 Å². The van der Waals surface area contributed by atoms with Crippen molar-refractivity contribution in [1.82, 2.24) is 0 Å². The molecule has 4 heteroatoms. The molecule has 0 amide bonds. The van der Waals surface area contributed by atoms with E-state index in [-0.39, 0.29) is 0 Å². The highest BCUT2D eigenvalue weighted by molar-refractivity contribution is 7.86. The Balaban J connectivity index is 2.75. The second kappa shape index (κ2) is 5.00. The summed E-state index contributed by atoms with van der Waals surface area (Å²) in [6.07, 6.45) is 0.904. The van der Waals surface area contributed by atoms with Gasteiger partial charge in [-0.05, 0) is 31.0 Å². The van der Waals surface area contributed by atoms with E-state index >= 15 is 0 Å². The van der Waals surface area contributed by atoms with E-state index in [2.05, 4.69) is 4.72 Å². The van der Waals surface area contributed by atoms with Gasteiger partial charge in [0, 0.05) is 11.4 Å². The normalized spacial score (nSPS) is 12.4. The van der Waals surface area contributed by atoms with Gasteiger partial charge in [-0.1, -0.05) is 13.0 Å². The van der Waals surface area contributed by atoms with Crippen LogP contribution < -0.4 is 10.5 Å². The number of hydrogen-bond donors (Lipinski definition) is 2.